The minimum atomic E-state index is -0.612. The number of ether oxygens (including phenoxy) is 1. The van der Waals surface area contributed by atoms with E-state index in [1.54, 1.807) is 25.1 Å². The summed E-state index contributed by atoms with van der Waals surface area (Å²) in [5, 5.41) is 15.6. The van der Waals surface area contributed by atoms with Crippen LogP contribution in [0.4, 0.5) is 5.69 Å². The molecule has 1 saturated heterocycles. The number of fused-ring (bicyclic) bond motifs is 1. The fraction of sp³-hybridized carbons (Fsp3) is 0.500. The number of hydrogen-bond acceptors (Lipinski definition) is 5. The van der Waals surface area contributed by atoms with Gasteiger partial charge in [0, 0.05) is 25.6 Å². The van der Waals surface area contributed by atoms with Crippen LogP contribution in [-0.2, 0) is 9.59 Å². The van der Waals surface area contributed by atoms with Crippen molar-refractivity contribution in [3.63, 3.8) is 0 Å². The number of aliphatic hydroxyl groups excluding tert-OH is 1. The van der Waals surface area contributed by atoms with E-state index in [2.05, 4.69) is 10.6 Å². The Kier molecular flexibility index (Phi) is 4.49. The molecule has 23 heavy (non-hydrogen) atoms. The van der Waals surface area contributed by atoms with Gasteiger partial charge < -0.3 is 20.5 Å². The Labute approximate surface area is 134 Å². The van der Waals surface area contributed by atoms with Gasteiger partial charge in [-0.2, -0.15) is 0 Å². The monoisotopic (exact) mass is 319 g/mol. The van der Waals surface area contributed by atoms with Gasteiger partial charge in [-0.05, 0) is 19.1 Å². The average molecular weight is 319 g/mol. The highest BCUT2D eigenvalue weighted by molar-refractivity contribution is 6.03. The molecule has 3 rings (SSSR count). The first-order valence-electron chi connectivity index (χ1n) is 7.79. The number of β-amino-alcohol motifs (C(OH)–C–C–N with tert-alkyl or cyclic N) is 1. The summed E-state index contributed by atoms with van der Waals surface area (Å²) in [6.45, 7) is 3.23. The molecule has 0 saturated carbocycles. The predicted molar refractivity (Wildman–Crippen MR) is 84.3 cm³/mol. The number of nitrogens with zero attached hydrogens (tertiary/aromatic N) is 1. The normalized spacial score (nSPS) is 26.6. The van der Waals surface area contributed by atoms with Crippen LogP contribution >= 0.6 is 0 Å². The number of aliphatic hydroxyl groups is 1. The Morgan fingerprint density at radius 2 is 2.22 bits per heavy atom. The molecule has 3 atom stereocenters. The van der Waals surface area contributed by atoms with E-state index in [0.29, 0.717) is 31.1 Å². The molecular formula is C16H21N3O4. The van der Waals surface area contributed by atoms with Crippen molar-refractivity contribution in [3.8, 4) is 5.75 Å². The van der Waals surface area contributed by atoms with Crippen LogP contribution in [0.25, 0.3) is 0 Å². The summed E-state index contributed by atoms with van der Waals surface area (Å²) < 4.78 is 5.55. The van der Waals surface area contributed by atoms with Crippen LogP contribution in [0.3, 0.4) is 0 Å². The second kappa shape index (κ2) is 6.55. The lowest BCUT2D eigenvalue weighted by Crippen LogP contribution is -2.49. The molecule has 1 aromatic carbocycles. The van der Waals surface area contributed by atoms with Gasteiger partial charge in [-0.25, -0.2) is 0 Å². The van der Waals surface area contributed by atoms with Crippen LogP contribution in [-0.4, -0.2) is 55.3 Å². The van der Waals surface area contributed by atoms with E-state index in [0.717, 1.165) is 0 Å². The van der Waals surface area contributed by atoms with Crippen LogP contribution in [0, 0.1) is 5.92 Å². The molecule has 2 heterocycles. The second-order valence-electron chi connectivity index (χ2n) is 5.94. The van der Waals surface area contributed by atoms with Gasteiger partial charge in [-0.3, -0.25) is 14.5 Å². The van der Waals surface area contributed by atoms with E-state index in [9.17, 15) is 14.7 Å². The number of para-hydroxylation sites is 2. The van der Waals surface area contributed by atoms with Crippen LogP contribution in [0.2, 0.25) is 0 Å². The fourth-order valence-electron chi connectivity index (χ4n) is 2.89. The maximum Gasteiger partial charge on any atom is 0.268 e. The Hall–Kier alpha value is -2.12. The molecule has 2 aliphatic heterocycles. The quantitative estimate of drug-likeness (QED) is 0.696. The molecule has 3 N–H and O–H groups in total. The van der Waals surface area contributed by atoms with Gasteiger partial charge in [-0.1, -0.05) is 12.1 Å². The van der Waals surface area contributed by atoms with Crippen LogP contribution < -0.4 is 20.3 Å². The van der Waals surface area contributed by atoms with E-state index in [-0.39, 0.29) is 24.3 Å². The van der Waals surface area contributed by atoms with Gasteiger partial charge >= 0.3 is 0 Å². The predicted octanol–water partition coefficient (Wildman–Crippen LogP) is -0.503. The number of anilines is 1. The molecule has 0 aromatic heterocycles. The smallest absolute Gasteiger partial charge is 0.268 e. The van der Waals surface area contributed by atoms with Crippen molar-refractivity contribution in [2.75, 3.05) is 31.1 Å². The van der Waals surface area contributed by atoms with Gasteiger partial charge in [0.1, 0.15) is 12.3 Å². The van der Waals surface area contributed by atoms with Crippen LogP contribution in [0.15, 0.2) is 24.3 Å². The standard InChI is InChI=1S/C16H21N3O4/c1-10-16(22)19(12-4-2-3-5-14(12)23-10)9-15(21)18-7-11-6-17-8-13(11)20/h2-5,10-11,13,17,20H,6-9H2,1H3,(H,18,21). The molecule has 0 aliphatic carbocycles. The van der Waals surface area contributed by atoms with Crippen LogP contribution in [0.1, 0.15) is 6.92 Å². The van der Waals surface area contributed by atoms with Gasteiger partial charge in [0.25, 0.3) is 5.91 Å². The first-order valence-corrected chi connectivity index (χ1v) is 7.79. The molecule has 0 bridgehead atoms. The van der Waals surface area contributed by atoms with Crippen molar-refractivity contribution in [1.82, 2.24) is 10.6 Å². The summed E-state index contributed by atoms with van der Waals surface area (Å²) in [5.74, 6) is 0.121. The number of benzene rings is 1. The van der Waals surface area contributed by atoms with E-state index in [4.69, 9.17) is 4.74 Å². The molecule has 0 radical (unpaired) electrons. The summed E-state index contributed by atoms with van der Waals surface area (Å²) >= 11 is 0. The molecule has 0 spiro atoms. The zero-order chi connectivity index (χ0) is 16.4. The SMILES string of the molecule is CC1Oc2ccccc2N(CC(=O)NCC2CNCC2O)C1=O. The van der Waals surface area contributed by atoms with Crippen molar-refractivity contribution in [2.45, 2.75) is 19.1 Å². The Morgan fingerprint density at radius 3 is 2.96 bits per heavy atom. The Morgan fingerprint density at radius 1 is 1.43 bits per heavy atom. The molecule has 1 aromatic rings. The van der Waals surface area contributed by atoms with Gasteiger partial charge in [0.05, 0.1) is 11.8 Å². The second-order valence-corrected chi connectivity index (χ2v) is 5.94. The summed E-state index contributed by atoms with van der Waals surface area (Å²) in [5.41, 5.74) is 0.605. The van der Waals surface area contributed by atoms with E-state index < -0.39 is 12.2 Å². The molecule has 1 fully saturated rings. The zero-order valence-corrected chi connectivity index (χ0v) is 13.0. The molecule has 3 unspecified atom stereocenters. The van der Waals surface area contributed by atoms with E-state index in [1.165, 1.54) is 4.90 Å². The topological polar surface area (TPSA) is 90.9 Å². The number of rotatable bonds is 4. The van der Waals surface area contributed by atoms with Crippen molar-refractivity contribution in [3.05, 3.63) is 24.3 Å². The van der Waals surface area contributed by atoms with Gasteiger partial charge in [0.2, 0.25) is 5.91 Å². The van der Waals surface area contributed by atoms with E-state index >= 15 is 0 Å². The zero-order valence-electron chi connectivity index (χ0n) is 13.0. The van der Waals surface area contributed by atoms with Crippen molar-refractivity contribution in [2.24, 2.45) is 5.92 Å². The highest BCUT2D eigenvalue weighted by atomic mass is 16.5. The minimum absolute atomic E-state index is 0.00514. The van der Waals surface area contributed by atoms with Gasteiger partial charge in [-0.15, -0.1) is 0 Å². The molecular weight excluding hydrogens is 298 g/mol. The number of hydrogen-bond donors (Lipinski definition) is 3. The number of amides is 2. The molecule has 7 heteroatoms. The summed E-state index contributed by atoms with van der Waals surface area (Å²) in [6.07, 6.45) is -1.06. The molecule has 2 amide bonds. The summed E-state index contributed by atoms with van der Waals surface area (Å²) in [7, 11) is 0. The molecule has 7 nitrogen and oxygen atoms in total. The van der Waals surface area contributed by atoms with Crippen molar-refractivity contribution >= 4 is 17.5 Å². The third-order valence-corrected chi connectivity index (χ3v) is 4.24. The minimum Gasteiger partial charge on any atom is -0.479 e. The third kappa shape index (κ3) is 3.30. The Bertz CT molecular complexity index is 607. The highest BCUT2D eigenvalue weighted by Gasteiger charge is 2.32. The third-order valence-electron chi connectivity index (χ3n) is 4.24. The summed E-state index contributed by atoms with van der Waals surface area (Å²) in [6, 6.07) is 7.17. The van der Waals surface area contributed by atoms with Crippen molar-refractivity contribution < 1.29 is 19.4 Å². The first-order chi connectivity index (χ1) is 11.1. The van der Waals surface area contributed by atoms with E-state index in [1.807, 2.05) is 6.07 Å². The van der Waals surface area contributed by atoms with Gasteiger partial charge in [0.15, 0.2) is 6.10 Å². The highest BCUT2D eigenvalue weighted by Crippen LogP contribution is 2.33. The maximum absolute atomic E-state index is 12.3. The first kappa shape index (κ1) is 15.8. The lowest BCUT2D eigenvalue weighted by molar-refractivity contribution is -0.128. The van der Waals surface area contributed by atoms with Crippen LogP contribution in [0.5, 0.6) is 5.75 Å². The van der Waals surface area contributed by atoms with Crippen molar-refractivity contribution in [1.29, 1.82) is 0 Å². The number of carbonyl (C=O) groups excluding carboxylic acids is 2. The maximum atomic E-state index is 12.3. The molecule has 2 aliphatic rings. The average Bonchev–Trinajstić information content (AvgIpc) is 2.95. The lowest BCUT2D eigenvalue weighted by atomic mass is 10.1. The summed E-state index contributed by atoms with van der Waals surface area (Å²) in [4.78, 5) is 25.9. The number of carbonyl (C=O) groups is 2. The lowest BCUT2D eigenvalue weighted by Gasteiger charge is -2.32. The number of nitrogens with one attached hydrogen (secondary N) is 2. The Balaban J connectivity index is 1.64. The molecule has 124 valence electrons. The fourth-order valence-corrected chi connectivity index (χ4v) is 2.89. The largest absolute Gasteiger partial charge is 0.479 e.